The van der Waals surface area contributed by atoms with Gasteiger partial charge in [-0.3, -0.25) is 4.79 Å². The Morgan fingerprint density at radius 1 is 1.41 bits per heavy atom. The molecule has 0 aromatic carbocycles. The van der Waals surface area contributed by atoms with Gasteiger partial charge < -0.3 is 28.8 Å². The molecule has 8 heteroatoms. The van der Waals surface area contributed by atoms with Gasteiger partial charge in [-0.2, -0.15) is 0 Å². The van der Waals surface area contributed by atoms with E-state index in [1.807, 2.05) is 0 Å². The van der Waals surface area contributed by atoms with Crippen LogP contribution in [0, 0.1) is 11.8 Å². The summed E-state index contributed by atoms with van der Waals surface area (Å²) in [4.78, 5) is 11.4. The van der Waals surface area contributed by atoms with Crippen LogP contribution >= 0.6 is 11.6 Å². The van der Waals surface area contributed by atoms with Crippen molar-refractivity contribution in [1.29, 1.82) is 0 Å². The fraction of sp³-hybridized carbons (Fsp3) is 0.929. The first-order valence-electron chi connectivity index (χ1n) is 7.12. The molecule has 1 aliphatic heterocycles. The molecule has 1 N–H and O–H groups in total. The molecule has 0 aromatic heterocycles. The van der Waals surface area contributed by atoms with Crippen LogP contribution < -0.4 is 0 Å². The number of fused-ring (bicyclic) bond motifs is 1. The highest BCUT2D eigenvalue weighted by Crippen LogP contribution is 2.53. The molecule has 22 heavy (non-hydrogen) atoms. The van der Waals surface area contributed by atoms with E-state index in [4.69, 9.17) is 35.3 Å². The van der Waals surface area contributed by atoms with Crippen LogP contribution in [0.2, 0.25) is 0 Å². The van der Waals surface area contributed by atoms with Gasteiger partial charge >= 0.3 is 5.97 Å². The molecule has 128 valence electrons. The Morgan fingerprint density at radius 3 is 2.55 bits per heavy atom. The summed E-state index contributed by atoms with van der Waals surface area (Å²) < 4.78 is 26.6. The summed E-state index contributed by atoms with van der Waals surface area (Å²) in [5.74, 6) is -1.20. The standard InChI is InChI=1S/C14H23ClO7/c1-7(16)22-11-8(5-9(18-2)19-3)10-13(20-4)21-6-14(10,17)12(11)15/h8-13,17H,5-6H2,1-4H3/t8-,10-,11+,12-,13?,14-/m1/s1. The molecule has 0 amide bonds. The van der Waals surface area contributed by atoms with Gasteiger partial charge in [-0.15, -0.1) is 11.6 Å². The fourth-order valence-corrected chi connectivity index (χ4v) is 3.98. The Bertz CT molecular complexity index is 403. The molecule has 2 fully saturated rings. The molecule has 1 aliphatic carbocycles. The number of ether oxygens (including phenoxy) is 5. The third-order valence-corrected chi connectivity index (χ3v) is 5.15. The highest BCUT2D eigenvalue weighted by molar-refractivity contribution is 6.22. The van der Waals surface area contributed by atoms with E-state index in [1.54, 1.807) is 0 Å². The van der Waals surface area contributed by atoms with E-state index in [1.165, 1.54) is 28.3 Å². The summed E-state index contributed by atoms with van der Waals surface area (Å²) in [7, 11) is 4.54. The van der Waals surface area contributed by atoms with Crippen molar-refractivity contribution in [3.63, 3.8) is 0 Å². The molecular weight excluding hydrogens is 316 g/mol. The zero-order chi connectivity index (χ0) is 16.5. The first-order chi connectivity index (χ1) is 10.4. The summed E-state index contributed by atoms with van der Waals surface area (Å²) in [5, 5.41) is 10.1. The first-order valence-corrected chi connectivity index (χ1v) is 7.56. The second-order valence-corrected chi connectivity index (χ2v) is 6.18. The van der Waals surface area contributed by atoms with Crippen molar-refractivity contribution in [2.45, 2.75) is 43.0 Å². The lowest BCUT2D eigenvalue weighted by Crippen LogP contribution is -2.44. The molecule has 1 heterocycles. The molecule has 6 atom stereocenters. The molecule has 7 nitrogen and oxygen atoms in total. The maximum Gasteiger partial charge on any atom is 0.302 e. The molecule has 2 aliphatic rings. The maximum atomic E-state index is 11.4. The Balaban J connectivity index is 2.30. The van der Waals surface area contributed by atoms with Crippen LogP contribution in [-0.4, -0.2) is 68.7 Å². The van der Waals surface area contributed by atoms with Crippen LogP contribution in [0.25, 0.3) is 0 Å². The van der Waals surface area contributed by atoms with E-state index in [2.05, 4.69) is 0 Å². The van der Waals surface area contributed by atoms with Crippen LogP contribution in [0.1, 0.15) is 13.3 Å². The average Bonchev–Trinajstić information content (AvgIpc) is 2.92. The van der Waals surface area contributed by atoms with E-state index in [-0.39, 0.29) is 12.5 Å². The summed E-state index contributed by atoms with van der Waals surface area (Å²) in [6, 6.07) is 0. The first kappa shape index (κ1) is 17.9. The number of carbonyl (C=O) groups excluding carboxylic acids is 1. The highest BCUT2D eigenvalue weighted by atomic mass is 35.5. The van der Waals surface area contributed by atoms with Crippen molar-refractivity contribution in [3.05, 3.63) is 0 Å². The summed E-state index contributed by atoms with van der Waals surface area (Å²) >= 11 is 6.41. The van der Waals surface area contributed by atoms with E-state index in [0.717, 1.165) is 0 Å². The Morgan fingerprint density at radius 2 is 2.05 bits per heavy atom. The predicted molar refractivity (Wildman–Crippen MR) is 76.3 cm³/mol. The van der Waals surface area contributed by atoms with E-state index >= 15 is 0 Å². The monoisotopic (exact) mass is 338 g/mol. The number of hydrogen-bond acceptors (Lipinski definition) is 7. The molecule has 0 bridgehead atoms. The van der Waals surface area contributed by atoms with Crippen LogP contribution in [0.3, 0.4) is 0 Å². The molecule has 0 radical (unpaired) electrons. The van der Waals surface area contributed by atoms with Gasteiger partial charge in [0.2, 0.25) is 0 Å². The minimum absolute atomic E-state index is 0.0310. The number of esters is 1. The Hall–Kier alpha value is -0.440. The van der Waals surface area contributed by atoms with Crippen LogP contribution in [0.4, 0.5) is 0 Å². The van der Waals surface area contributed by atoms with Crippen molar-refractivity contribution >= 4 is 17.6 Å². The van der Waals surface area contributed by atoms with Crippen LogP contribution in [0.15, 0.2) is 0 Å². The van der Waals surface area contributed by atoms with Gasteiger partial charge in [0, 0.05) is 46.5 Å². The summed E-state index contributed by atoms with van der Waals surface area (Å²) in [5.41, 5.74) is -1.32. The van der Waals surface area contributed by atoms with Crippen molar-refractivity contribution in [2.24, 2.45) is 11.8 Å². The topological polar surface area (TPSA) is 83.5 Å². The van der Waals surface area contributed by atoms with Gasteiger partial charge in [0.05, 0.1) is 6.61 Å². The van der Waals surface area contributed by atoms with Gasteiger partial charge in [0.1, 0.15) is 17.1 Å². The third-order valence-electron chi connectivity index (χ3n) is 4.52. The van der Waals surface area contributed by atoms with E-state index in [9.17, 15) is 9.90 Å². The van der Waals surface area contributed by atoms with Gasteiger partial charge in [-0.1, -0.05) is 0 Å². The zero-order valence-electron chi connectivity index (χ0n) is 13.2. The molecule has 0 aromatic rings. The average molecular weight is 339 g/mol. The number of aliphatic hydroxyl groups is 1. The number of hydrogen-bond donors (Lipinski definition) is 1. The van der Waals surface area contributed by atoms with Crippen LogP contribution in [0.5, 0.6) is 0 Å². The van der Waals surface area contributed by atoms with Gasteiger partial charge in [0.25, 0.3) is 0 Å². The third kappa shape index (κ3) is 2.98. The van der Waals surface area contributed by atoms with Crippen molar-refractivity contribution < 1.29 is 33.6 Å². The molecule has 1 saturated heterocycles. The van der Waals surface area contributed by atoms with Crippen molar-refractivity contribution in [2.75, 3.05) is 27.9 Å². The lowest BCUT2D eigenvalue weighted by Gasteiger charge is -2.29. The van der Waals surface area contributed by atoms with Gasteiger partial charge in [-0.05, 0) is 0 Å². The second-order valence-electron chi connectivity index (χ2n) is 5.71. The molecule has 2 rings (SSSR count). The Kier molecular flexibility index (Phi) is 5.68. The minimum Gasteiger partial charge on any atom is -0.461 e. The number of halogens is 1. The largest absolute Gasteiger partial charge is 0.461 e. The minimum atomic E-state index is -1.32. The predicted octanol–water partition coefficient (Wildman–Crippen LogP) is 0.514. The summed E-state index contributed by atoms with van der Waals surface area (Å²) in [6.07, 6.45) is -1.40. The molecule has 1 saturated carbocycles. The normalized spacial score (nSPS) is 41.0. The number of methoxy groups -OCH3 is 3. The molecule has 1 unspecified atom stereocenters. The van der Waals surface area contributed by atoms with Gasteiger partial charge in [-0.25, -0.2) is 0 Å². The molecule has 0 spiro atoms. The number of rotatable bonds is 6. The van der Waals surface area contributed by atoms with Crippen molar-refractivity contribution in [1.82, 2.24) is 0 Å². The van der Waals surface area contributed by atoms with Gasteiger partial charge in [0.15, 0.2) is 12.6 Å². The van der Waals surface area contributed by atoms with Crippen LogP contribution in [-0.2, 0) is 28.5 Å². The summed E-state index contributed by atoms with van der Waals surface area (Å²) in [6.45, 7) is 1.34. The van der Waals surface area contributed by atoms with E-state index < -0.39 is 41.5 Å². The fourth-order valence-electron chi connectivity index (χ4n) is 3.54. The zero-order valence-corrected chi connectivity index (χ0v) is 13.9. The lowest BCUT2D eigenvalue weighted by molar-refractivity contribution is -0.166. The van der Waals surface area contributed by atoms with E-state index in [0.29, 0.717) is 6.42 Å². The molecular formula is C14H23ClO7. The second kappa shape index (κ2) is 6.98. The smallest absolute Gasteiger partial charge is 0.302 e. The number of alkyl halides is 1. The van der Waals surface area contributed by atoms with Crippen molar-refractivity contribution in [3.8, 4) is 0 Å². The quantitative estimate of drug-likeness (QED) is 0.429. The SMILES string of the molecule is COC(C[C@H]1[C@H](OC(C)=O)[C@@H](Cl)[C@@]2(O)COC(OC)[C@@H]12)OC. The maximum absolute atomic E-state index is 11.4. The Labute approximate surface area is 134 Å². The number of carbonyl (C=O) groups is 1. The lowest BCUT2D eigenvalue weighted by atomic mass is 9.85. The highest BCUT2D eigenvalue weighted by Gasteiger charge is 2.67.